The largest absolute Gasteiger partial charge is 0.508 e. The predicted octanol–water partition coefficient (Wildman–Crippen LogP) is 3.25. The number of aliphatic hydroxyl groups excluding tert-OH is 1. The molecule has 2 heterocycles. The van der Waals surface area contributed by atoms with Crippen molar-refractivity contribution < 1.29 is 10.2 Å². The average Bonchev–Trinajstić information content (AvgIpc) is 3.26. The molecular weight excluding hydrogens is 336 g/mol. The van der Waals surface area contributed by atoms with Gasteiger partial charge in [-0.3, -0.25) is 9.36 Å². The van der Waals surface area contributed by atoms with E-state index in [1.54, 1.807) is 24.3 Å². The molecule has 5 nitrogen and oxygen atoms in total. The summed E-state index contributed by atoms with van der Waals surface area (Å²) >= 11 is 1.42. The molecule has 6 heteroatoms. The van der Waals surface area contributed by atoms with Crippen LogP contribution in [0.4, 0.5) is 0 Å². The Morgan fingerprint density at radius 1 is 1.24 bits per heavy atom. The van der Waals surface area contributed by atoms with Gasteiger partial charge in [0.25, 0.3) is 5.56 Å². The molecule has 0 spiro atoms. The molecular formula is C19H20N2O3S. The van der Waals surface area contributed by atoms with E-state index in [0.29, 0.717) is 28.2 Å². The topological polar surface area (TPSA) is 75.3 Å². The lowest BCUT2D eigenvalue weighted by atomic mass is 9.98. The van der Waals surface area contributed by atoms with Gasteiger partial charge in [-0.1, -0.05) is 12.8 Å². The van der Waals surface area contributed by atoms with Crippen LogP contribution in [-0.4, -0.2) is 25.9 Å². The summed E-state index contributed by atoms with van der Waals surface area (Å²) in [7, 11) is 0. The number of phenols is 1. The summed E-state index contributed by atoms with van der Waals surface area (Å²) in [5.74, 6) is 0.539. The summed E-state index contributed by atoms with van der Waals surface area (Å²) in [6.07, 6.45) is 6.36. The minimum Gasteiger partial charge on any atom is -0.508 e. The van der Waals surface area contributed by atoms with Crippen LogP contribution in [0.5, 0.6) is 5.75 Å². The Morgan fingerprint density at radius 2 is 1.96 bits per heavy atom. The van der Waals surface area contributed by atoms with Crippen LogP contribution in [0.1, 0.15) is 30.6 Å². The molecule has 4 rings (SSSR count). The summed E-state index contributed by atoms with van der Waals surface area (Å²) in [6.45, 7) is 0. The van der Waals surface area contributed by atoms with Crippen molar-refractivity contribution in [2.24, 2.45) is 5.92 Å². The Labute approximate surface area is 149 Å². The van der Waals surface area contributed by atoms with Gasteiger partial charge in [-0.2, -0.15) is 0 Å². The monoisotopic (exact) mass is 356 g/mol. The highest BCUT2D eigenvalue weighted by atomic mass is 32.1. The fourth-order valence-corrected chi connectivity index (χ4v) is 4.66. The third-order valence-electron chi connectivity index (χ3n) is 4.97. The van der Waals surface area contributed by atoms with Crippen molar-refractivity contribution in [3.8, 4) is 11.4 Å². The molecule has 2 aromatic heterocycles. The lowest BCUT2D eigenvalue weighted by Gasteiger charge is -2.16. The van der Waals surface area contributed by atoms with Crippen molar-refractivity contribution >= 4 is 21.6 Å². The Kier molecular flexibility index (Phi) is 4.31. The number of benzene rings is 1. The average molecular weight is 356 g/mol. The van der Waals surface area contributed by atoms with Crippen molar-refractivity contribution in [2.75, 3.05) is 0 Å². The van der Waals surface area contributed by atoms with Crippen LogP contribution in [0.15, 0.2) is 41.5 Å². The number of aromatic hydroxyl groups is 1. The molecule has 1 aliphatic rings. The molecule has 0 radical (unpaired) electrons. The molecule has 130 valence electrons. The summed E-state index contributed by atoms with van der Waals surface area (Å²) in [6, 6.07) is 8.37. The second kappa shape index (κ2) is 6.61. The molecule has 2 N–H and O–H groups in total. The zero-order chi connectivity index (χ0) is 17.4. The molecule has 25 heavy (non-hydrogen) atoms. The van der Waals surface area contributed by atoms with E-state index in [4.69, 9.17) is 0 Å². The molecule has 0 amide bonds. The normalized spacial score (nSPS) is 16.5. The number of rotatable bonds is 4. The summed E-state index contributed by atoms with van der Waals surface area (Å²) < 4.78 is 2.08. The van der Waals surface area contributed by atoms with Crippen molar-refractivity contribution in [3.05, 3.63) is 51.9 Å². The molecule has 1 saturated carbocycles. The lowest BCUT2D eigenvalue weighted by molar-refractivity contribution is 0.112. The van der Waals surface area contributed by atoms with E-state index in [0.717, 1.165) is 17.7 Å². The van der Waals surface area contributed by atoms with Gasteiger partial charge in [0.1, 0.15) is 16.8 Å². The van der Waals surface area contributed by atoms with Gasteiger partial charge in [0.2, 0.25) is 0 Å². The zero-order valence-corrected chi connectivity index (χ0v) is 14.6. The van der Waals surface area contributed by atoms with E-state index in [1.807, 2.05) is 6.07 Å². The van der Waals surface area contributed by atoms with E-state index < -0.39 is 0 Å². The van der Waals surface area contributed by atoms with Crippen LogP contribution in [0.2, 0.25) is 0 Å². The smallest absolute Gasteiger partial charge is 0.275 e. The third kappa shape index (κ3) is 3.19. The maximum absolute atomic E-state index is 12.8. The van der Waals surface area contributed by atoms with Crippen molar-refractivity contribution in [1.82, 2.24) is 9.55 Å². The lowest BCUT2D eigenvalue weighted by Crippen LogP contribution is -2.19. The van der Waals surface area contributed by atoms with E-state index in [9.17, 15) is 15.0 Å². The van der Waals surface area contributed by atoms with Crippen molar-refractivity contribution in [2.45, 2.75) is 38.2 Å². The number of thiophene rings is 1. The van der Waals surface area contributed by atoms with Crippen LogP contribution in [-0.2, 0) is 6.42 Å². The van der Waals surface area contributed by atoms with Gasteiger partial charge >= 0.3 is 0 Å². The number of nitrogens with zero attached hydrogens (tertiary/aromatic N) is 2. The van der Waals surface area contributed by atoms with Crippen molar-refractivity contribution in [1.29, 1.82) is 0 Å². The molecule has 3 aromatic rings. The van der Waals surface area contributed by atoms with Crippen LogP contribution in [0.25, 0.3) is 15.9 Å². The first kappa shape index (κ1) is 16.3. The molecule has 1 atom stereocenters. The summed E-state index contributed by atoms with van der Waals surface area (Å²) in [4.78, 5) is 18.2. The number of hydrogen-bond donors (Lipinski definition) is 2. The highest BCUT2D eigenvalue weighted by molar-refractivity contribution is 7.18. The van der Waals surface area contributed by atoms with Gasteiger partial charge in [0, 0.05) is 11.3 Å². The number of aromatic nitrogens is 2. The second-order valence-corrected chi connectivity index (χ2v) is 7.82. The first-order valence-corrected chi connectivity index (χ1v) is 9.41. The minimum atomic E-state index is -0.338. The van der Waals surface area contributed by atoms with Gasteiger partial charge < -0.3 is 10.2 Å². The number of fused-ring (bicyclic) bond motifs is 1. The molecule has 0 bridgehead atoms. The molecule has 0 saturated heterocycles. The van der Waals surface area contributed by atoms with Gasteiger partial charge in [0.15, 0.2) is 0 Å². The van der Waals surface area contributed by atoms with E-state index in [-0.39, 0.29) is 17.4 Å². The highest BCUT2D eigenvalue weighted by Gasteiger charge is 2.24. The van der Waals surface area contributed by atoms with Crippen LogP contribution < -0.4 is 5.56 Å². The quantitative estimate of drug-likeness (QED) is 0.752. The SMILES string of the molecule is O=c1c2sc(CC(O)C3CCCC3)cc2ncn1-c1ccc(O)cc1. The Bertz CT molecular complexity index is 939. The number of phenolic OH excluding ortho intramolecular Hbond substituents is 1. The Hall–Kier alpha value is -2.18. The van der Waals surface area contributed by atoms with E-state index in [1.165, 1.54) is 35.1 Å². The maximum atomic E-state index is 12.8. The molecule has 0 aliphatic heterocycles. The first-order valence-electron chi connectivity index (χ1n) is 8.59. The maximum Gasteiger partial charge on any atom is 0.275 e. The van der Waals surface area contributed by atoms with Gasteiger partial charge in [-0.15, -0.1) is 11.3 Å². The number of aliphatic hydroxyl groups is 1. The van der Waals surface area contributed by atoms with Gasteiger partial charge in [0.05, 0.1) is 17.3 Å². The summed E-state index contributed by atoms with van der Waals surface area (Å²) in [5, 5.41) is 19.8. The van der Waals surface area contributed by atoms with E-state index >= 15 is 0 Å². The fraction of sp³-hybridized carbons (Fsp3) is 0.368. The van der Waals surface area contributed by atoms with E-state index in [2.05, 4.69) is 4.98 Å². The van der Waals surface area contributed by atoms with Crippen LogP contribution in [0.3, 0.4) is 0 Å². The van der Waals surface area contributed by atoms with Crippen molar-refractivity contribution in [3.63, 3.8) is 0 Å². The Morgan fingerprint density at radius 3 is 2.68 bits per heavy atom. The molecule has 1 fully saturated rings. The fourth-order valence-electron chi connectivity index (χ4n) is 3.57. The van der Waals surface area contributed by atoms with Crippen LogP contribution >= 0.6 is 11.3 Å². The second-order valence-electron chi connectivity index (χ2n) is 6.68. The van der Waals surface area contributed by atoms with Gasteiger partial charge in [-0.05, 0) is 49.1 Å². The minimum absolute atomic E-state index is 0.123. The molecule has 1 unspecified atom stereocenters. The first-order chi connectivity index (χ1) is 12.1. The standard InChI is InChI=1S/C19H20N2O3S/c22-14-7-5-13(6-8-14)21-11-20-16-9-15(25-18(16)19(21)24)10-17(23)12-3-1-2-4-12/h5-9,11-12,17,22-23H,1-4,10H2. The Balaban J connectivity index is 1.65. The molecule has 1 aliphatic carbocycles. The number of hydrogen-bond acceptors (Lipinski definition) is 5. The molecule has 1 aromatic carbocycles. The van der Waals surface area contributed by atoms with Gasteiger partial charge in [-0.25, -0.2) is 4.98 Å². The predicted molar refractivity (Wildman–Crippen MR) is 98.6 cm³/mol. The zero-order valence-electron chi connectivity index (χ0n) is 13.8. The van der Waals surface area contributed by atoms with Crippen LogP contribution in [0, 0.1) is 5.92 Å². The summed E-state index contributed by atoms with van der Waals surface area (Å²) in [5.41, 5.74) is 1.22. The highest BCUT2D eigenvalue weighted by Crippen LogP contribution is 2.31. The third-order valence-corrected chi connectivity index (χ3v) is 6.11.